The monoisotopic (exact) mass is 955 g/mol. The minimum absolute atomic E-state index is 0.0710. The van der Waals surface area contributed by atoms with Crippen LogP contribution < -0.4 is 0 Å². The lowest BCUT2D eigenvalue weighted by molar-refractivity contribution is -0.167. The lowest BCUT2D eigenvalue weighted by atomic mass is 10.0. The van der Waals surface area contributed by atoms with E-state index in [4.69, 9.17) is 14.2 Å². The maximum Gasteiger partial charge on any atom is 0.306 e. The fraction of sp³-hybridized carbons (Fsp3) is 0.855. The molecule has 0 fully saturated rings. The zero-order valence-electron chi connectivity index (χ0n) is 45.6. The van der Waals surface area contributed by atoms with E-state index in [0.29, 0.717) is 19.3 Å². The predicted molar refractivity (Wildman–Crippen MR) is 293 cm³/mol. The normalized spacial score (nSPS) is 12.2. The van der Waals surface area contributed by atoms with Crippen LogP contribution in [0.25, 0.3) is 0 Å². The van der Waals surface area contributed by atoms with E-state index in [1.807, 2.05) is 0 Å². The van der Waals surface area contributed by atoms with E-state index in [1.165, 1.54) is 218 Å². The zero-order chi connectivity index (χ0) is 49.3. The molecule has 0 aliphatic heterocycles. The molecular formula is C62H114O6. The number of hydrogen-bond donors (Lipinski definition) is 0. The van der Waals surface area contributed by atoms with Crippen molar-refractivity contribution in [3.63, 3.8) is 0 Å². The highest BCUT2D eigenvalue weighted by Gasteiger charge is 2.19. The molecule has 0 aliphatic carbocycles. The molecule has 0 saturated carbocycles. The van der Waals surface area contributed by atoms with Crippen molar-refractivity contribution >= 4 is 17.9 Å². The second kappa shape index (κ2) is 57.2. The molecule has 0 spiro atoms. The van der Waals surface area contributed by atoms with Gasteiger partial charge in [-0.1, -0.05) is 263 Å². The van der Waals surface area contributed by atoms with Crippen molar-refractivity contribution in [1.29, 1.82) is 0 Å². The highest BCUT2D eigenvalue weighted by atomic mass is 16.6. The second-order valence-corrected chi connectivity index (χ2v) is 20.3. The van der Waals surface area contributed by atoms with Gasteiger partial charge in [0.05, 0.1) is 0 Å². The Morgan fingerprint density at radius 1 is 0.294 bits per heavy atom. The van der Waals surface area contributed by atoms with E-state index in [9.17, 15) is 14.4 Å². The van der Waals surface area contributed by atoms with Gasteiger partial charge in [-0.3, -0.25) is 14.4 Å². The highest BCUT2D eigenvalue weighted by Crippen LogP contribution is 2.16. The van der Waals surface area contributed by atoms with Gasteiger partial charge < -0.3 is 14.2 Å². The Bertz CT molecular complexity index is 1140. The van der Waals surface area contributed by atoms with Crippen LogP contribution in [-0.2, 0) is 28.6 Å². The molecule has 0 saturated heterocycles. The molecule has 6 nitrogen and oxygen atoms in total. The fourth-order valence-corrected chi connectivity index (χ4v) is 8.82. The van der Waals surface area contributed by atoms with Crippen LogP contribution in [0.4, 0.5) is 0 Å². The van der Waals surface area contributed by atoms with E-state index in [0.717, 1.165) is 64.2 Å². The Hall–Kier alpha value is -2.37. The molecule has 0 N–H and O–H groups in total. The van der Waals surface area contributed by atoms with Gasteiger partial charge in [0, 0.05) is 19.3 Å². The summed E-state index contributed by atoms with van der Waals surface area (Å²) in [6.07, 6.45) is 68.6. The van der Waals surface area contributed by atoms with Gasteiger partial charge in [0.2, 0.25) is 0 Å². The van der Waals surface area contributed by atoms with Gasteiger partial charge in [0.25, 0.3) is 0 Å². The van der Waals surface area contributed by atoms with E-state index in [1.54, 1.807) is 0 Å². The second-order valence-electron chi connectivity index (χ2n) is 20.3. The number of carbonyl (C=O) groups is 3. The van der Waals surface area contributed by atoms with Gasteiger partial charge in [-0.15, -0.1) is 0 Å². The van der Waals surface area contributed by atoms with Crippen molar-refractivity contribution < 1.29 is 28.6 Å². The smallest absolute Gasteiger partial charge is 0.306 e. The summed E-state index contributed by atoms with van der Waals surface area (Å²) in [7, 11) is 0. The van der Waals surface area contributed by atoms with E-state index in [-0.39, 0.29) is 31.1 Å². The molecule has 1 unspecified atom stereocenters. The molecular weight excluding hydrogens is 841 g/mol. The molecule has 0 heterocycles. The Balaban J connectivity index is 4.22. The van der Waals surface area contributed by atoms with Gasteiger partial charge in [-0.25, -0.2) is 0 Å². The number of unbranched alkanes of at least 4 members (excludes halogenated alkanes) is 38. The van der Waals surface area contributed by atoms with Gasteiger partial charge in [-0.2, -0.15) is 0 Å². The lowest BCUT2D eigenvalue weighted by Crippen LogP contribution is -2.30. The number of esters is 3. The summed E-state index contributed by atoms with van der Waals surface area (Å²) < 4.78 is 16.9. The lowest BCUT2D eigenvalue weighted by Gasteiger charge is -2.18. The van der Waals surface area contributed by atoms with Crippen LogP contribution in [0.15, 0.2) is 36.5 Å². The molecule has 6 heteroatoms. The first-order chi connectivity index (χ1) is 33.5. The Kier molecular flexibility index (Phi) is 55.2. The first-order valence-electron chi connectivity index (χ1n) is 30.0. The molecule has 398 valence electrons. The third-order valence-corrected chi connectivity index (χ3v) is 13.4. The summed E-state index contributed by atoms with van der Waals surface area (Å²) in [6.45, 7) is 6.64. The summed E-state index contributed by atoms with van der Waals surface area (Å²) in [6, 6.07) is 0. The van der Waals surface area contributed by atoms with Crippen molar-refractivity contribution in [3.8, 4) is 0 Å². The maximum absolute atomic E-state index is 12.8. The van der Waals surface area contributed by atoms with Crippen LogP contribution in [0, 0.1) is 0 Å². The maximum atomic E-state index is 12.8. The summed E-state index contributed by atoms with van der Waals surface area (Å²) in [5, 5.41) is 0. The Labute approximate surface area is 423 Å². The minimum Gasteiger partial charge on any atom is -0.462 e. The Morgan fingerprint density at radius 3 is 0.824 bits per heavy atom. The molecule has 0 aliphatic rings. The molecule has 0 rings (SSSR count). The van der Waals surface area contributed by atoms with Gasteiger partial charge in [0.1, 0.15) is 13.2 Å². The summed E-state index contributed by atoms with van der Waals surface area (Å²) in [5.74, 6) is -0.863. The van der Waals surface area contributed by atoms with E-state index < -0.39 is 6.10 Å². The standard InChI is InChI=1S/C62H114O6/c1-4-7-10-13-16-19-21-23-25-27-29-30-31-32-33-35-36-38-40-43-46-49-52-55-61(64)67-58-59(57-66-60(63)54-51-48-45-42-18-15-12-9-6-3)68-62(65)56-53-50-47-44-41-39-37-34-28-26-24-22-20-17-14-11-8-5-2/h21,23,26-29,59H,4-20,22,24-25,30-58H2,1-3H3/b23-21-,28-26-,29-27-. The van der Waals surface area contributed by atoms with Crippen LogP contribution >= 0.6 is 0 Å². The molecule has 0 aromatic heterocycles. The molecule has 0 aromatic rings. The first-order valence-corrected chi connectivity index (χ1v) is 30.0. The average Bonchev–Trinajstić information content (AvgIpc) is 3.34. The molecule has 0 radical (unpaired) electrons. The third-order valence-electron chi connectivity index (χ3n) is 13.4. The summed E-state index contributed by atoms with van der Waals surface area (Å²) in [5.41, 5.74) is 0. The fourth-order valence-electron chi connectivity index (χ4n) is 8.82. The number of allylic oxidation sites excluding steroid dienone is 6. The highest BCUT2D eigenvalue weighted by molar-refractivity contribution is 5.71. The van der Waals surface area contributed by atoms with Gasteiger partial charge in [0.15, 0.2) is 6.10 Å². The molecule has 0 aromatic carbocycles. The average molecular weight is 956 g/mol. The molecule has 0 bridgehead atoms. The summed E-state index contributed by atoms with van der Waals surface area (Å²) >= 11 is 0. The minimum atomic E-state index is -0.771. The van der Waals surface area contributed by atoms with Crippen LogP contribution in [0.1, 0.15) is 323 Å². The van der Waals surface area contributed by atoms with Crippen LogP contribution in [0.2, 0.25) is 0 Å². The number of ether oxygens (including phenoxy) is 3. The third kappa shape index (κ3) is 54.6. The van der Waals surface area contributed by atoms with Crippen LogP contribution in [0.3, 0.4) is 0 Å². The molecule has 68 heavy (non-hydrogen) atoms. The molecule has 0 amide bonds. The van der Waals surface area contributed by atoms with Gasteiger partial charge in [-0.05, 0) is 77.0 Å². The van der Waals surface area contributed by atoms with Crippen molar-refractivity contribution in [2.24, 2.45) is 0 Å². The van der Waals surface area contributed by atoms with E-state index in [2.05, 4.69) is 57.2 Å². The largest absolute Gasteiger partial charge is 0.462 e. The zero-order valence-corrected chi connectivity index (χ0v) is 45.6. The van der Waals surface area contributed by atoms with E-state index >= 15 is 0 Å². The molecule has 1 atom stereocenters. The number of carbonyl (C=O) groups excluding carboxylic acids is 3. The topological polar surface area (TPSA) is 78.9 Å². The van der Waals surface area contributed by atoms with Crippen molar-refractivity contribution in [1.82, 2.24) is 0 Å². The number of hydrogen-bond acceptors (Lipinski definition) is 6. The van der Waals surface area contributed by atoms with Gasteiger partial charge >= 0.3 is 17.9 Å². The number of rotatable bonds is 55. The van der Waals surface area contributed by atoms with Crippen molar-refractivity contribution in [3.05, 3.63) is 36.5 Å². The van der Waals surface area contributed by atoms with Crippen molar-refractivity contribution in [2.75, 3.05) is 13.2 Å². The quantitative estimate of drug-likeness (QED) is 0.0262. The first kappa shape index (κ1) is 65.6. The van der Waals surface area contributed by atoms with Crippen LogP contribution in [0.5, 0.6) is 0 Å². The SMILES string of the molecule is CCCCCCC/C=C\C/C=C\CCCCCCCCCCCCCC(=O)OCC(COC(=O)CCCCCCCCCCC)OC(=O)CCCCCCCCC/C=C\CCCCCCCCC. The Morgan fingerprint density at radius 2 is 0.529 bits per heavy atom. The predicted octanol–water partition coefficient (Wildman–Crippen LogP) is 20.0. The van der Waals surface area contributed by atoms with Crippen LogP contribution in [-0.4, -0.2) is 37.2 Å². The van der Waals surface area contributed by atoms with Crippen molar-refractivity contribution in [2.45, 2.75) is 329 Å². The summed E-state index contributed by atoms with van der Waals surface area (Å²) in [4.78, 5) is 38.1.